The first-order valence-corrected chi connectivity index (χ1v) is 7.48. The summed E-state index contributed by atoms with van der Waals surface area (Å²) in [5, 5.41) is 2.40. The van der Waals surface area contributed by atoms with Crippen molar-refractivity contribution in [3.8, 4) is 0 Å². The average molecular weight is 297 g/mol. The highest BCUT2D eigenvalue weighted by molar-refractivity contribution is 5.93. The van der Waals surface area contributed by atoms with Crippen molar-refractivity contribution in [3.63, 3.8) is 0 Å². The predicted molar refractivity (Wildman–Crippen MR) is 78.1 cm³/mol. The quantitative estimate of drug-likeness (QED) is 0.877. The third-order valence-electron chi connectivity index (χ3n) is 4.24. The molecule has 0 aliphatic carbocycles. The molecule has 1 heterocycles. The zero-order valence-electron chi connectivity index (χ0n) is 12.7. The van der Waals surface area contributed by atoms with E-state index in [-0.39, 0.29) is 17.6 Å². The number of likely N-dealkylation sites (tertiary alicyclic amines) is 1. The SMILES string of the molecule is C[C@@H]1C[C@@H](C)C[NH+]([C@@H](C)C(=O)Nc2c(F)cccc2F)C1. The molecule has 2 N–H and O–H groups in total. The number of carbonyl (C=O) groups is 1. The van der Waals surface area contributed by atoms with Crippen LogP contribution < -0.4 is 10.2 Å². The normalized spacial score (nSPS) is 27.2. The second-order valence-electron chi connectivity index (χ2n) is 6.32. The van der Waals surface area contributed by atoms with Crippen molar-refractivity contribution in [2.75, 3.05) is 18.4 Å². The van der Waals surface area contributed by atoms with Crippen LogP contribution in [0.5, 0.6) is 0 Å². The number of para-hydroxylation sites is 1. The van der Waals surface area contributed by atoms with E-state index in [2.05, 4.69) is 19.2 Å². The van der Waals surface area contributed by atoms with Crippen LogP contribution >= 0.6 is 0 Å². The van der Waals surface area contributed by atoms with Crippen LogP contribution in [0.3, 0.4) is 0 Å². The zero-order chi connectivity index (χ0) is 15.6. The van der Waals surface area contributed by atoms with Crippen LogP contribution in [0.4, 0.5) is 14.5 Å². The lowest BCUT2D eigenvalue weighted by Gasteiger charge is -2.35. The summed E-state index contributed by atoms with van der Waals surface area (Å²) in [4.78, 5) is 13.4. The molecule has 0 saturated carbocycles. The number of piperidine rings is 1. The molecule has 1 aliphatic heterocycles. The number of hydrogen-bond acceptors (Lipinski definition) is 1. The minimum Gasteiger partial charge on any atom is -0.324 e. The van der Waals surface area contributed by atoms with E-state index in [0.717, 1.165) is 25.2 Å². The third-order valence-corrected chi connectivity index (χ3v) is 4.24. The van der Waals surface area contributed by atoms with Crippen LogP contribution in [-0.2, 0) is 4.79 Å². The van der Waals surface area contributed by atoms with Gasteiger partial charge in [0.15, 0.2) is 6.04 Å². The lowest BCUT2D eigenvalue weighted by Crippen LogP contribution is -3.18. The molecule has 21 heavy (non-hydrogen) atoms. The molecule has 5 heteroatoms. The average Bonchev–Trinajstić information content (AvgIpc) is 2.41. The van der Waals surface area contributed by atoms with E-state index in [0.29, 0.717) is 11.8 Å². The van der Waals surface area contributed by atoms with Gasteiger partial charge in [0.25, 0.3) is 5.91 Å². The van der Waals surface area contributed by atoms with Gasteiger partial charge < -0.3 is 10.2 Å². The Morgan fingerprint density at radius 2 is 1.76 bits per heavy atom. The molecule has 0 bridgehead atoms. The fourth-order valence-electron chi connectivity index (χ4n) is 3.22. The first kappa shape index (κ1) is 15.9. The summed E-state index contributed by atoms with van der Waals surface area (Å²) in [5.41, 5.74) is -0.355. The number of hydrogen-bond donors (Lipinski definition) is 2. The van der Waals surface area contributed by atoms with Gasteiger partial charge in [-0.3, -0.25) is 4.79 Å². The van der Waals surface area contributed by atoms with Gasteiger partial charge >= 0.3 is 0 Å². The number of quaternary nitrogens is 1. The van der Waals surface area contributed by atoms with Crippen molar-refractivity contribution in [2.45, 2.75) is 33.2 Å². The molecular weight excluding hydrogens is 274 g/mol. The number of rotatable bonds is 3. The summed E-state index contributed by atoms with van der Waals surface area (Å²) >= 11 is 0. The molecule has 3 nitrogen and oxygen atoms in total. The van der Waals surface area contributed by atoms with Gasteiger partial charge in [0.05, 0.1) is 13.1 Å². The first-order chi connectivity index (χ1) is 9.88. The number of halogens is 2. The number of carbonyl (C=O) groups excluding carboxylic acids is 1. The topological polar surface area (TPSA) is 33.5 Å². The van der Waals surface area contributed by atoms with Crippen LogP contribution in [0.2, 0.25) is 0 Å². The number of nitrogens with one attached hydrogen (secondary N) is 2. The van der Waals surface area contributed by atoms with Gasteiger partial charge in [0.1, 0.15) is 17.3 Å². The van der Waals surface area contributed by atoms with Crippen molar-refractivity contribution < 1.29 is 18.5 Å². The van der Waals surface area contributed by atoms with Crippen molar-refractivity contribution in [1.29, 1.82) is 0 Å². The van der Waals surface area contributed by atoms with Gasteiger partial charge in [0.2, 0.25) is 0 Å². The minimum atomic E-state index is -0.745. The van der Waals surface area contributed by atoms with Gasteiger partial charge in [0, 0.05) is 11.8 Å². The highest BCUT2D eigenvalue weighted by atomic mass is 19.1. The molecule has 0 aromatic heterocycles. The van der Waals surface area contributed by atoms with Crippen LogP contribution in [0.25, 0.3) is 0 Å². The standard InChI is InChI=1S/C16H22F2N2O/c1-10-7-11(2)9-20(8-10)12(3)16(21)19-15-13(17)5-4-6-14(15)18/h4-6,10-12H,7-9H2,1-3H3,(H,19,21)/p+1/t10-,11-,12+/m1/s1. The molecule has 0 unspecified atom stereocenters. The van der Waals surface area contributed by atoms with Gasteiger partial charge in [-0.2, -0.15) is 0 Å². The molecule has 2 rings (SSSR count). The molecular formula is C16H23F2N2O+. The Labute approximate surface area is 124 Å². The molecule has 1 saturated heterocycles. The van der Waals surface area contributed by atoms with Crippen LogP contribution in [0, 0.1) is 23.5 Å². The second kappa shape index (κ2) is 6.52. The largest absolute Gasteiger partial charge is 0.324 e. The molecule has 1 fully saturated rings. The van der Waals surface area contributed by atoms with E-state index in [1.54, 1.807) is 0 Å². The summed E-state index contributed by atoms with van der Waals surface area (Å²) < 4.78 is 27.2. The first-order valence-electron chi connectivity index (χ1n) is 7.48. The van der Waals surface area contributed by atoms with Crippen molar-refractivity contribution in [2.24, 2.45) is 11.8 Å². The van der Waals surface area contributed by atoms with E-state index in [1.807, 2.05) is 6.92 Å². The van der Waals surface area contributed by atoms with Crippen molar-refractivity contribution in [3.05, 3.63) is 29.8 Å². The van der Waals surface area contributed by atoms with Crippen molar-refractivity contribution >= 4 is 11.6 Å². The Bertz CT molecular complexity index is 491. The van der Waals surface area contributed by atoms with Gasteiger partial charge in [-0.15, -0.1) is 0 Å². The Balaban J connectivity index is 2.06. The highest BCUT2D eigenvalue weighted by Crippen LogP contribution is 2.18. The van der Waals surface area contributed by atoms with E-state index in [1.165, 1.54) is 17.4 Å². The van der Waals surface area contributed by atoms with Gasteiger partial charge in [-0.05, 0) is 25.5 Å². The lowest BCUT2D eigenvalue weighted by atomic mass is 9.91. The van der Waals surface area contributed by atoms with E-state index >= 15 is 0 Å². The third kappa shape index (κ3) is 3.79. The van der Waals surface area contributed by atoms with Crippen LogP contribution in [0.15, 0.2) is 18.2 Å². The number of anilines is 1. The molecule has 1 aromatic rings. The Morgan fingerprint density at radius 1 is 1.24 bits per heavy atom. The molecule has 1 aromatic carbocycles. The Morgan fingerprint density at radius 3 is 2.29 bits per heavy atom. The maximum atomic E-state index is 13.6. The number of benzene rings is 1. The monoisotopic (exact) mass is 297 g/mol. The molecule has 0 radical (unpaired) electrons. The summed E-state index contributed by atoms with van der Waals surface area (Å²) in [6.45, 7) is 8.00. The molecule has 116 valence electrons. The maximum absolute atomic E-state index is 13.6. The molecule has 3 atom stereocenters. The Hall–Kier alpha value is -1.49. The zero-order valence-corrected chi connectivity index (χ0v) is 12.7. The Kier molecular flexibility index (Phi) is 4.93. The van der Waals surface area contributed by atoms with Gasteiger partial charge in [-0.1, -0.05) is 19.9 Å². The smallest absolute Gasteiger partial charge is 0.282 e. The highest BCUT2D eigenvalue weighted by Gasteiger charge is 2.32. The predicted octanol–water partition coefficient (Wildman–Crippen LogP) is 1.85. The van der Waals surface area contributed by atoms with Gasteiger partial charge in [-0.25, -0.2) is 8.78 Å². The van der Waals surface area contributed by atoms with Crippen LogP contribution in [-0.4, -0.2) is 25.0 Å². The van der Waals surface area contributed by atoms with Crippen molar-refractivity contribution in [1.82, 2.24) is 0 Å². The number of amides is 1. The molecule has 1 amide bonds. The van der Waals surface area contributed by atoms with Crippen LogP contribution in [0.1, 0.15) is 27.2 Å². The molecule has 0 spiro atoms. The summed E-state index contributed by atoms with van der Waals surface area (Å²) in [6, 6.07) is 3.24. The maximum Gasteiger partial charge on any atom is 0.282 e. The summed E-state index contributed by atoms with van der Waals surface area (Å²) in [6.07, 6.45) is 1.17. The molecule has 1 aliphatic rings. The minimum absolute atomic E-state index is 0.325. The van der Waals surface area contributed by atoms with E-state index < -0.39 is 11.6 Å². The lowest BCUT2D eigenvalue weighted by molar-refractivity contribution is -0.925. The fraction of sp³-hybridized carbons (Fsp3) is 0.562. The summed E-state index contributed by atoms with van der Waals surface area (Å²) in [7, 11) is 0. The fourth-order valence-corrected chi connectivity index (χ4v) is 3.22. The second-order valence-corrected chi connectivity index (χ2v) is 6.32. The van der Waals surface area contributed by atoms with E-state index in [9.17, 15) is 13.6 Å². The summed E-state index contributed by atoms with van der Waals surface area (Å²) in [5.74, 6) is -0.708. The van der Waals surface area contributed by atoms with E-state index in [4.69, 9.17) is 0 Å².